The molecule has 158 valence electrons. The zero-order valence-corrected chi connectivity index (χ0v) is 19.0. The fourth-order valence-electron chi connectivity index (χ4n) is 4.12. The first-order valence-corrected chi connectivity index (χ1v) is 11.6. The van der Waals surface area contributed by atoms with Crippen LogP contribution in [0, 0.1) is 18.8 Å². The van der Waals surface area contributed by atoms with Crippen molar-refractivity contribution >= 4 is 11.0 Å². The summed E-state index contributed by atoms with van der Waals surface area (Å²) in [7, 11) is 0. The predicted octanol–water partition coefficient (Wildman–Crippen LogP) is 6.43. The Labute approximate surface area is 172 Å². The summed E-state index contributed by atoms with van der Waals surface area (Å²) in [6, 6.07) is 6.43. The third-order valence-corrected chi connectivity index (χ3v) is 6.12. The van der Waals surface area contributed by atoms with Gasteiger partial charge in [0, 0.05) is 13.1 Å². The number of hydrogen-bond acceptors (Lipinski definition) is 3. The van der Waals surface area contributed by atoms with Crippen LogP contribution < -0.4 is 0 Å². The van der Waals surface area contributed by atoms with Crippen molar-refractivity contribution in [3.63, 3.8) is 0 Å². The summed E-state index contributed by atoms with van der Waals surface area (Å²) in [4.78, 5) is 2.66. The molecule has 0 aliphatic carbocycles. The highest BCUT2D eigenvalue weighted by Gasteiger charge is 2.18. The van der Waals surface area contributed by atoms with Gasteiger partial charge in [-0.25, -0.2) is 4.68 Å². The van der Waals surface area contributed by atoms with Crippen molar-refractivity contribution in [2.75, 3.05) is 13.1 Å². The van der Waals surface area contributed by atoms with E-state index in [1.165, 1.54) is 70.0 Å². The molecule has 0 amide bonds. The normalized spacial score (nSPS) is 14.1. The van der Waals surface area contributed by atoms with Crippen molar-refractivity contribution in [2.45, 2.75) is 92.7 Å². The monoisotopic (exact) mass is 386 g/mol. The summed E-state index contributed by atoms with van der Waals surface area (Å²) in [5.41, 5.74) is 3.43. The Morgan fingerprint density at radius 1 is 0.929 bits per heavy atom. The minimum Gasteiger partial charge on any atom is -0.284 e. The van der Waals surface area contributed by atoms with Crippen molar-refractivity contribution in [2.24, 2.45) is 11.8 Å². The van der Waals surface area contributed by atoms with Gasteiger partial charge in [0.2, 0.25) is 0 Å². The molecule has 1 aromatic carbocycles. The van der Waals surface area contributed by atoms with E-state index < -0.39 is 0 Å². The van der Waals surface area contributed by atoms with E-state index in [0.717, 1.165) is 29.5 Å². The molecule has 2 rings (SSSR count). The van der Waals surface area contributed by atoms with Gasteiger partial charge in [0.15, 0.2) is 0 Å². The molecule has 4 nitrogen and oxygen atoms in total. The molecule has 0 fully saturated rings. The van der Waals surface area contributed by atoms with Crippen molar-refractivity contribution in [1.29, 1.82) is 0 Å². The van der Waals surface area contributed by atoms with Gasteiger partial charge >= 0.3 is 0 Å². The van der Waals surface area contributed by atoms with E-state index in [1.54, 1.807) is 0 Å². The van der Waals surface area contributed by atoms with Crippen LogP contribution in [0.25, 0.3) is 11.0 Å². The minimum absolute atomic E-state index is 0.778. The molecule has 0 aliphatic rings. The van der Waals surface area contributed by atoms with Crippen LogP contribution in [-0.4, -0.2) is 33.0 Å². The van der Waals surface area contributed by atoms with Gasteiger partial charge in [0.25, 0.3) is 0 Å². The van der Waals surface area contributed by atoms with E-state index in [1.807, 2.05) is 0 Å². The molecule has 28 heavy (non-hydrogen) atoms. The van der Waals surface area contributed by atoms with Crippen LogP contribution >= 0.6 is 0 Å². The zero-order valence-electron chi connectivity index (χ0n) is 19.0. The van der Waals surface area contributed by atoms with Crippen LogP contribution in [0.3, 0.4) is 0 Å². The van der Waals surface area contributed by atoms with Gasteiger partial charge in [0.1, 0.15) is 5.52 Å². The number of unbranched alkanes of at least 4 members (excludes halogenated alkanes) is 2. The smallest absolute Gasteiger partial charge is 0.113 e. The van der Waals surface area contributed by atoms with Gasteiger partial charge in [-0.1, -0.05) is 77.5 Å². The molecule has 0 aliphatic heterocycles. The van der Waals surface area contributed by atoms with Gasteiger partial charge in [-0.3, -0.25) is 4.90 Å². The van der Waals surface area contributed by atoms with Crippen LogP contribution in [-0.2, 0) is 6.67 Å². The van der Waals surface area contributed by atoms with Gasteiger partial charge in [-0.15, -0.1) is 5.10 Å². The third kappa shape index (κ3) is 6.88. The molecule has 0 radical (unpaired) electrons. The second kappa shape index (κ2) is 12.2. The zero-order chi connectivity index (χ0) is 20.4. The van der Waals surface area contributed by atoms with E-state index in [9.17, 15) is 0 Å². The lowest BCUT2D eigenvalue weighted by molar-refractivity contribution is 0.139. The Morgan fingerprint density at radius 3 is 2.07 bits per heavy atom. The van der Waals surface area contributed by atoms with E-state index in [0.29, 0.717) is 0 Å². The Balaban J connectivity index is 2.16. The Bertz CT molecular complexity index is 660. The molecule has 1 heterocycles. The molecule has 0 bridgehead atoms. The van der Waals surface area contributed by atoms with Crippen LogP contribution in [0.15, 0.2) is 18.2 Å². The lowest BCUT2D eigenvalue weighted by Gasteiger charge is -2.30. The second-order valence-corrected chi connectivity index (χ2v) is 8.59. The van der Waals surface area contributed by atoms with E-state index >= 15 is 0 Å². The van der Waals surface area contributed by atoms with Crippen LogP contribution in [0.4, 0.5) is 0 Å². The maximum Gasteiger partial charge on any atom is 0.113 e. The molecule has 0 N–H and O–H groups in total. The number of hydrogen-bond donors (Lipinski definition) is 0. The Kier molecular flexibility index (Phi) is 9.97. The van der Waals surface area contributed by atoms with Crippen molar-refractivity contribution in [3.05, 3.63) is 23.8 Å². The highest BCUT2D eigenvalue weighted by Crippen LogP contribution is 2.21. The molecule has 0 saturated heterocycles. The first kappa shape index (κ1) is 22.9. The molecule has 0 spiro atoms. The average molecular weight is 387 g/mol. The third-order valence-electron chi connectivity index (χ3n) is 6.12. The predicted molar refractivity (Wildman–Crippen MR) is 120 cm³/mol. The Morgan fingerprint density at radius 2 is 1.54 bits per heavy atom. The molecule has 2 atom stereocenters. The highest BCUT2D eigenvalue weighted by atomic mass is 15.5. The van der Waals surface area contributed by atoms with E-state index in [-0.39, 0.29) is 0 Å². The summed E-state index contributed by atoms with van der Waals surface area (Å²) in [6.45, 7) is 14.6. The standard InChI is InChI=1S/C24H42N4/c1-6-10-12-21(8-3)17-27(18-22(9-4)13-11-7-2)19-28-24-16-20(5)14-15-23(24)25-26-28/h14-16,21-22H,6-13,17-19H2,1-5H3. The maximum absolute atomic E-state index is 4.49. The van der Waals surface area contributed by atoms with Crippen molar-refractivity contribution < 1.29 is 0 Å². The molecule has 2 aromatic rings. The number of benzene rings is 1. The Hall–Kier alpha value is -1.42. The molecule has 0 saturated carbocycles. The van der Waals surface area contributed by atoms with Gasteiger partial charge in [-0.05, 0) is 49.3 Å². The largest absolute Gasteiger partial charge is 0.284 e. The number of aromatic nitrogens is 3. The molecule has 2 unspecified atom stereocenters. The summed E-state index contributed by atoms with van der Waals surface area (Å²) >= 11 is 0. The first-order chi connectivity index (χ1) is 13.6. The second-order valence-electron chi connectivity index (χ2n) is 8.59. The number of rotatable bonds is 14. The number of aryl methyl sites for hydroxylation is 1. The lowest BCUT2D eigenvalue weighted by atomic mass is 9.96. The van der Waals surface area contributed by atoms with Crippen molar-refractivity contribution in [1.82, 2.24) is 19.9 Å². The fourth-order valence-corrected chi connectivity index (χ4v) is 4.12. The number of fused-ring (bicyclic) bond motifs is 1. The molecular weight excluding hydrogens is 344 g/mol. The first-order valence-electron chi connectivity index (χ1n) is 11.6. The lowest BCUT2D eigenvalue weighted by Crippen LogP contribution is -2.36. The SMILES string of the molecule is CCCCC(CC)CN(CC(CC)CCCC)Cn1nnc2ccc(C)cc21. The van der Waals surface area contributed by atoms with Gasteiger partial charge in [0.05, 0.1) is 12.2 Å². The van der Waals surface area contributed by atoms with E-state index in [4.69, 9.17) is 0 Å². The molecule has 1 aromatic heterocycles. The molecular formula is C24H42N4. The minimum atomic E-state index is 0.778. The van der Waals surface area contributed by atoms with Crippen LogP contribution in [0.5, 0.6) is 0 Å². The van der Waals surface area contributed by atoms with Crippen LogP contribution in [0.2, 0.25) is 0 Å². The summed E-state index contributed by atoms with van der Waals surface area (Å²) in [5, 5.41) is 8.89. The quantitative estimate of drug-likeness (QED) is 0.375. The molecule has 4 heteroatoms. The summed E-state index contributed by atoms with van der Waals surface area (Å²) in [6.07, 6.45) is 10.5. The highest BCUT2D eigenvalue weighted by molar-refractivity contribution is 5.74. The van der Waals surface area contributed by atoms with E-state index in [2.05, 4.69) is 72.7 Å². The summed E-state index contributed by atoms with van der Waals surface area (Å²) in [5.74, 6) is 1.56. The van der Waals surface area contributed by atoms with Crippen LogP contribution in [0.1, 0.15) is 84.6 Å². The van der Waals surface area contributed by atoms with Gasteiger partial charge in [-0.2, -0.15) is 0 Å². The topological polar surface area (TPSA) is 34.0 Å². The van der Waals surface area contributed by atoms with Gasteiger partial charge < -0.3 is 0 Å². The number of nitrogens with zero attached hydrogens (tertiary/aromatic N) is 4. The summed E-state index contributed by atoms with van der Waals surface area (Å²) < 4.78 is 2.11. The average Bonchev–Trinajstić information content (AvgIpc) is 3.09. The van der Waals surface area contributed by atoms with Crippen molar-refractivity contribution in [3.8, 4) is 0 Å². The fraction of sp³-hybridized carbons (Fsp3) is 0.750. The maximum atomic E-state index is 4.49.